The van der Waals surface area contributed by atoms with Gasteiger partial charge in [-0.05, 0) is 34.4 Å². The van der Waals surface area contributed by atoms with Crippen molar-refractivity contribution in [3.63, 3.8) is 0 Å². The van der Waals surface area contributed by atoms with Crippen LogP contribution in [-0.4, -0.2) is 42.3 Å². The van der Waals surface area contributed by atoms with E-state index in [1.54, 1.807) is 7.11 Å². The lowest BCUT2D eigenvalue weighted by molar-refractivity contribution is 0.399. The molecule has 0 aliphatic rings. The lowest BCUT2D eigenvalue weighted by atomic mass is 9.98. The molecule has 8 nitrogen and oxygen atoms in total. The fraction of sp³-hybridized carbons (Fsp3) is 0.240. The van der Waals surface area contributed by atoms with Gasteiger partial charge in [0.15, 0.2) is 5.65 Å². The Balaban J connectivity index is 1.48. The molecule has 2 aromatic carbocycles. The monoisotopic (exact) mass is 439 g/mol. The van der Waals surface area contributed by atoms with Crippen molar-refractivity contribution in [2.24, 2.45) is 0 Å². The maximum atomic E-state index is 5.36. The average Bonchev–Trinajstić information content (AvgIpc) is 3.51. The molecule has 0 aliphatic carbocycles. The van der Waals surface area contributed by atoms with E-state index < -0.39 is 0 Å². The van der Waals surface area contributed by atoms with Gasteiger partial charge in [0.2, 0.25) is 11.7 Å². The maximum Gasteiger partial charge on any atom is 0.215 e. The summed E-state index contributed by atoms with van der Waals surface area (Å²) in [5.41, 5.74) is 6.03. The Kier molecular flexibility index (Phi) is 5.80. The van der Waals surface area contributed by atoms with Crippen molar-refractivity contribution in [3.05, 3.63) is 72.1 Å². The van der Waals surface area contributed by atoms with Gasteiger partial charge in [-0.3, -0.25) is 0 Å². The van der Waals surface area contributed by atoms with Crippen LogP contribution in [0.25, 0.3) is 33.7 Å². The number of H-pyrrole nitrogens is 1. The number of unbranched alkanes of at least 4 members (excludes halogenated alkanes) is 1. The van der Waals surface area contributed by atoms with E-state index in [9.17, 15) is 0 Å². The average molecular weight is 440 g/mol. The number of hydrogen-bond donors (Lipinski definition) is 1. The van der Waals surface area contributed by atoms with Gasteiger partial charge in [-0.1, -0.05) is 61.9 Å². The number of hydrogen-bond acceptors (Lipinski definition) is 6. The van der Waals surface area contributed by atoms with Crippen LogP contribution in [0.3, 0.4) is 0 Å². The number of aromatic nitrogens is 7. The molecule has 0 saturated carbocycles. The summed E-state index contributed by atoms with van der Waals surface area (Å²) in [6.45, 7) is 2.89. The topological polar surface area (TPSA) is 94.4 Å². The molecule has 5 rings (SSSR count). The van der Waals surface area contributed by atoms with Gasteiger partial charge in [0, 0.05) is 18.1 Å². The summed E-state index contributed by atoms with van der Waals surface area (Å²) in [5, 5.41) is 14.5. The number of rotatable bonds is 8. The third-order valence-electron chi connectivity index (χ3n) is 5.73. The minimum absolute atomic E-state index is 0.583. The van der Waals surface area contributed by atoms with Crippen LogP contribution in [0, 0.1) is 0 Å². The van der Waals surface area contributed by atoms with E-state index in [4.69, 9.17) is 9.72 Å². The number of nitrogens with one attached hydrogen (secondary N) is 1. The minimum Gasteiger partial charge on any atom is -0.481 e. The number of aromatic amines is 1. The van der Waals surface area contributed by atoms with Gasteiger partial charge >= 0.3 is 0 Å². The number of fused-ring (bicyclic) bond motifs is 1. The zero-order chi connectivity index (χ0) is 22.6. The van der Waals surface area contributed by atoms with Crippen molar-refractivity contribution in [2.75, 3.05) is 7.11 Å². The van der Waals surface area contributed by atoms with E-state index in [0.29, 0.717) is 18.2 Å². The molecule has 33 heavy (non-hydrogen) atoms. The van der Waals surface area contributed by atoms with Gasteiger partial charge in [-0.2, -0.15) is 10.2 Å². The van der Waals surface area contributed by atoms with Crippen molar-refractivity contribution >= 4 is 11.2 Å². The smallest absolute Gasteiger partial charge is 0.215 e. The van der Waals surface area contributed by atoms with E-state index in [0.717, 1.165) is 52.9 Å². The quantitative estimate of drug-likeness (QED) is 0.377. The molecule has 166 valence electrons. The number of pyridine rings is 1. The SMILES string of the molecule is CCCCc1nc2ccc(OC)nc2n1Cc1ccc(-c2ccccc2-c2nn[nH]n2)cc1. The van der Waals surface area contributed by atoms with E-state index in [1.165, 1.54) is 5.56 Å². The second-order valence-electron chi connectivity index (χ2n) is 7.89. The molecule has 0 aliphatic heterocycles. The van der Waals surface area contributed by atoms with Crippen LogP contribution in [0.2, 0.25) is 0 Å². The summed E-state index contributed by atoms with van der Waals surface area (Å²) in [6.07, 6.45) is 3.13. The van der Waals surface area contributed by atoms with E-state index in [1.807, 2.05) is 30.3 Å². The highest BCUT2D eigenvalue weighted by Gasteiger charge is 2.14. The zero-order valence-electron chi connectivity index (χ0n) is 18.7. The number of tetrazole rings is 1. The van der Waals surface area contributed by atoms with Gasteiger partial charge in [-0.15, -0.1) is 10.2 Å². The molecule has 0 bridgehead atoms. The second kappa shape index (κ2) is 9.20. The first kappa shape index (κ1) is 20.8. The summed E-state index contributed by atoms with van der Waals surface area (Å²) in [6, 6.07) is 20.5. The first-order valence-corrected chi connectivity index (χ1v) is 11.1. The predicted octanol–water partition coefficient (Wildman–Crippen LogP) is 4.68. The number of nitrogens with zero attached hydrogens (tertiary/aromatic N) is 6. The molecule has 0 atom stereocenters. The van der Waals surface area contributed by atoms with E-state index in [-0.39, 0.29) is 0 Å². The Morgan fingerprint density at radius 3 is 2.48 bits per heavy atom. The molecular weight excluding hydrogens is 414 g/mol. The molecule has 0 fully saturated rings. The number of ether oxygens (including phenoxy) is 1. The highest BCUT2D eigenvalue weighted by atomic mass is 16.5. The Hall–Kier alpha value is -4.07. The summed E-state index contributed by atoms with van der Waals surface area (Å²) in [5.74, 6) is 2.23. The van der Waals surface area contributed by atoms with Gasteiger partial charge < -0.3 is 9.30 Å². The predicted molar refractivity (Wildman–Crippen MR) is 127 cm³/mol. The highest BCUT2D eigenvalue weighted by Crippen LogP contribution is 2.30. The van der Waals surface area contributed by atoms with Gasteiger partial charge in [-0.25, -0.2) is 4.98 Å². The molecule has 8 heteroatoms. The van der Waals surface area contributed by atoms with Gasteiger partial charge in [0.1, 0.15) is 11.3 Å². The summed E-state index contributed by atoms with van der Waals surface area (Å²) >= 11 is 0. The first-order valence-electron chi connectivity index (χ1n) is 11.1. The summed E-state index contributed by atoms with van der Waals surface area (Å²) in [7, 11) is 1.64. The molecule has 0 saturated heterocycles. The van der Waals surface area contributed by atoms with Crippen LogP contribution in [0.5, 0.6) is 5.88 Å². The largest absolute Gasteiger partial charge is 0.481 e. The zero-order valence-corrected chi connectivity index (χ0v) is 18.7. The molecule has 0 amide bonds. The van der Waals surface area contributed by atoms with Gasteiger partial charge in [0.25, 0.3) is 0 Å². The molecule has 3 heterocycles. The number of methoxy groups -OCH3 is 1. The Morgan fingerprint density at radius 1 is 0.939 bits per heavy atom. The molecule has 3 aromatic heterocycles. The van der Waals surface area contributed by atoms with Crippen LogP contribution in [0.1, 0.15) is 31.2 Å². The van der Waals surface area contributed by atoms with E-state index in [2.05, 4.69) is 67.4 Å². The number of imidazole rings is 1. The van der Waals surface area contributed by atoms with Gasteiger partial charge in [0.05, 0.1) is 13.7 Å². The van der Waals surface area contributed by atoms with Crippen molar-refractivity contribution in [1.82, 2.24) is 35.2 Å². The Bertz CT molecular complexity index is 1360. The third-order valence-corrected chi connectivity index (χ3v) is 5.73. The van der Waals surface area contributed by atoms with Crippen molar-refractivity contribution in [3.8, 4) is 28.4 Å². The number of aryl methyl sites for hydroxylation is 1. The van der Waals surface area contributed by atoms with Crippen molar-refractivity contribution < 1.29 is 4.74 Å². The summed E-state index contributed by atoms with van der Waals surface area (Å²) < 4.78 is 7.56. The van der Waals surface area contributed by atoms with Crippen LogP contribution < -0.4 is 4.74 Å². The minimum atomic E-state index is 0.583. The lowest BCUT2D eigenvalue weighted by Gasteiger charge is -2.11. The molecular formula is C25H25N7O. The number of benzene rings is 2. The van der Waals surface area contributed by atoms with Crippen LogP contribution in [0.4, 0.5) is 0 Å². The Morgan fingerprint density at radius 2 is 1.76 bits per heavy atom. The van der Waals surface area contributed by atoms with E-state index >= 15 is 0 Å². The second-order valence-corrected chi connectivity index (χ2v) is 7.89. The molecule has 0 unspecified atom stereocenters. The van der Waals surface area contributed by atoms with Crippen LogP contribution in [0.15, 0.2) is 60.7 Å². The van der Waals surface area contributed by atoms with Crippen molar-refractivity contribution in [2.45, 2.75) is 32.7 Å². The third kappa shape index (κ3) is 4.19. The Labute approximate surface area is 191 Å². The van der Waals surface area contributed by atoms with Crippen LogP contribution in [-0.2, 0) is 13.0 Å². The fourth-order valence-electron chi connectivity index (χ4n) is 4.01. The molecule has 1 N–H and O–H groups in total. The van der Waals surface area contributed by atoms with Crippen molar-refractivity contribution in [1.29, 1.82) is 0 Å². The molecule has 0 radical (unpaired) electrons. The normalized spacial score (nSPS) is 11.2. The summed E-state index contributed by atoms with van der Waals surface area (Å²) in [4.78, 5) is 9.53. The molecule has 5 aromatic rings. The lowest BCUT2D eigenvalue weighted by Crippen LogP contribution is -2.06. The van der Waals surface area contributed by atoms with Crippen LogP contribution >= 0.6 is 0 Å². The fourth-order valence-corrected chi connectivity index (χ4v) is 4.01. The molecule has 0 spiro atoms. The maximum absolute atomic E-state index is 5.36. The first-order chi connectivity index (χ1) is 16.3. The highest BCUT2D eigenvalue weighted by molar-refractivity contribution is 5.80. The standard InChI is InChI=1S/C25H25N7O/c1-3-4-9-22-26-21-14-15-23(33-2)27-25(21)32(22)16-17-10-12-18(13-11-17)19-7-5-6-8-20(19)24-28-30-31-29-24/h5-8,10-15H,3-4,9,16H2,1-2H3,(H,28,29,30,31).